The summed E-state index contributed by atoms with van der Waals surface area (Å²) < 4.78 is 5.07. The minimum atomic E-state index is -0.0640. The summed E-state index contributed by atoms with van der Waals surface area (Å²) in [6.07, 6.45) is 3.05. The molecule has 21 heavy (non-hydrogen) atoms. The number of carbonyl (C=O) groups is 1. The molecule has 5 heteroatoms. The highest BCUT2D eigenvalue weighted by Crippen LogP contribution is 2.14. The molecular formula is C16H25N3O2. The fourth-order valence-electron chi connectivity index (χ4n) is 2.70. The first kappa shape index (κ1) is 15.8. The van der Waals surface area contributed by atoms with Crippen LogP contribution in [0, 0.1) is 0 Å². The largest absolute Gasteiger partial charge is 0.398 e. The van der Waals surface area contributed by atoms with Gasteiger partial charge in [-0.3, -0.25) is 4.79 Å². The van der Waals surface area contributed by atoms with Gasteiger partial charge in [0.1, 0.15) is 0 Å². The second kappa shape index (κ2) is 8.00. The summed E-state index contributed by atoms with van der Waals surface area (Å²) in [5, 5.41) is 3.09. The van der Waals surface area contributed by atoms with Crippen LogP contribution in [0.5, 0.6) is 0 Å². The fraction of sp³-hybridized carbons (Fsp3) is 0.562. The molecule has 1 aliphatic heterocycles. The van der Waals surface area contributed by atoms with E-state index in [-0.39, 0.29) is 11.9 Å². The molecule has 1 amide bonds. The van der Waals surface area contributed by atoms with Crippen LogP contribution in [0.25, 0.3) is 0 Å². The number of carbonyl (C=O) groups excluding carboxylic acids is 1. The van der Waals surface area contributed by atoms with Gasteiger partial charge in [-0.25, -0.2) is 0 Å². The Bertz CT molecular complexity index is 457. The molecule has 1 saturated heterocycles. The molecule has 1 fully saturated rings. The van der Waals surface area contributed by atoms with Crippen LogP contribution in [-0.4, -0.2) is 50.2 Å². The van der Waals surface area contributed by atoms with Gasteiger partial charge in [0.15, 0.2) is 0 Å². The number of methoxy groups -OCH3 is 1. The van der Waals surface area contributed by atoms with Gasteiger partial charge >= 0.3 is 0 Å². The molecule has 0 aromatic heterocycles. The van der Waals surface area contributed by atoms with Gasteiger partial charge in [-0.2, -0.15) is 0 Å². The zero-order valence-electron chi connectivity index (χ0n) is 12.7. The Hall–Kier alpha value is -1.59. The van der Waals surface area contributed by atoms with E-state index < -0.39 is 0 Å². The maximum absolute atomic E-state index is 12.2. The third-order valence-electron chi connectivity index (χ3n) is 3.95. The van der Waals surface area contributed by atoms with Crippen molar-refractivity contribution in [1.82, 2.24) is 10.2 Å². The molecule has 0 radical (unpaired) electrons. The Labute approximate surface area is 126 Å². The summed E-state index contributed by atoms with van der Waals surface area (Å²) >= 11 is 0. The normalized spacial score (nSPS) is 16.8. The lowest BCUT2D eigenvalue weighted by molar-refractivity contribution is 0.0908. The number of likely N-dealkylation sites (tertiary alicyclic amines) is 1. The monoisotopic (exact) mass is 291 g/mol. The van der Waals surface area contributed by atoms with Crippen molar-refractivity contribution in [3.05, 3.63) is 29.8 Å². The average Bonchev–Trinajstić information content (AvgIpc) is 2.49. The highest BCUT2D eigenvalue weighted by Gasteiger charge is 2.21. The molecule has 0 aliphatic carbocycles. The fourth-order valence-corrected chi connectivity index (χ4v) is 2.70. The van der Waals surface area contributed by atoms with Gasteiger partial charge in [0, 0.05) is 45.1 Å². The Morgan fingerprint density at radius 1 is 1.38 bits per heavy atom. The molecule has 0 unspecified atom stereocenters. The predicted octanol–water partition coefficient (Wildman–Crippen LogP) is 1.50. The highest BCUT2D eigenvalue weighted by molar-refractivity contribution is 5.99. The number of ether oxygens (including phenoxy) is 1. The van der Waals surface area contributed by atoms with Gasteiger partial charge < -0.3 is 20.7 Å². The topological polar surface area (TPSA) is 67.6 Å². The van der Waals surface area contributed by atoms with Crippen LogP contribution in [0.3, 0.4) is 0 Å². The Kier molecular flexibility index (Phi) is 6.02. The second-order valence-electron chi connectivity index (χ2n) is 5.52. The second-order valence-corrected chi connectivity index (χ2v) is 5.52. The summed E-state index contributed by atoms with van der Waals surface area (Å²) in [7, 11) is 1.73. The van der Waals surface area contributed by atoms with E-state index in [1.54, 1.807) is 19.2 Å². The van der Waals surface area contributed by atoms with E-state index >= 15 is 0 Å². The Balaban J connectivity index is 1.76. The van der Waals surface area contributed by atoms with E-state index in [2.05, 4.69) is 10.2 Å². The zero-order valence-corrected chi connectivity index (χ0v) is 12.7. The Morgan fingerprint density at radius 2 is 2.10 bits per heavy atom. The highest BCUT2D eigenvalue weighted by atomic mass is 16.5. The van der Waals surface area contributed by atoms with E-state index in [1.807, 2.05) is 12.1 Å². The summed E-state index contributed by atoms with van der Waals surface area (Å²) in [4.78, 5) is 14.6. The van der Waals surface area contributed by atoms with E-state index in [0.717, 1.165) is 45.5 Å². The number of hydrogen-bond donors (Lipinski definition) is 2. The molecule has 0 saturated carbocycles. The van der Waals surface area contributed by atoms with Crippen molar-refractivity contribution in [3.8, 4) is 0 Å². The number of nitrogens with two attached hydrogens (primary N) is 1. The number of hydrogen-bond acceptors (Lipinski definition) is 4. The molecule has 3 N–H and O–H groups in total. The van der Waals surface area contributed by atoms with Crippen LogP contribution in [0.15, 0.2) is 24.3 Å². The maximum Gasteiger partial charge on any atom is 0.253 e. The van der Waals surface area contributed by atoms with E-state index in [9.17, 15) is 4.79 Å². The SMILES string of the molecule is COCCCN1CCC(NC(=O)c2ccccc2N)CC1. The molecule has 1 aromatic rings. The first-order chi connectivity index (χ1) is 10.2. The molecule has 116 valence electrons. The van der Waals surface area contributed by atoms with Crippen molar-refractivity contribution in [2.75, 3.05) is 39.1 Å². The van der Waals surface area contributed by atoms with Gasteiger partial charge in [-0.1, -0.05) is 12.1 Å². The van der Waals surface area contributed by atoms with Crippen molar-refractivity contribution in [1.29, 1.82) is 0 Å². The molecule has 0 spiro atoms. The molecular weight excluding hydrogens is 266 g/mol. The van der Waals surface area contributed by atoms with Crippen LogP contribution < -0.4 is 11.1 Å². The minimum Gasteiger partial charge on any atom is -0.398 e. The van der Waals surface area contributed by atoms with Crippen LogP contribution in [-0.2, 0) is 4.74 Å². The van der Waals surface area contributed by atoms with Gasteiger partial charge in [-0.05, 0) is 31.4 Å². The van der Waals surface area contributed by atoms with Crippen molar-refractivity contribution in [2.45, 2.75) is 25.3 Å². The number of rotatable bonds is 6. The lowest BCUT2D eigenvalue weighted by Gasteiger charge is -2.32. The smallest absolute Gasteiger partial charge is 0.253 e. The summed E-state index contributed by atoms with van der Waals surface area (Å²) in [6, 6.07) is 7.45. The number of amides is 1. The lowest BCUT2D eigenvalue weighted by atomic mass is 10.0. The molecule has 0 bridgehead atoms. The number of nitrogen functional groups attached to an aromatic ring is 1. The van der Waals surface area contributed by atoms with Crippen molar-refractivity contribution in [3.63, 3.8) is 0 Å². The number of para-hydroxylation sites is 1. The average molecular weight is 291 g/mol. The van der Waals surface area contributed by atoms with E-state index in [0.29, 0.717) is 11.3 Å². The van der Waals surface area contributed by atoms with Gasteiger partial charge in [-0.15, -0.1) is 0 Å². The van der Waals surface area contributed by atoms with Crippen molar-refractivity contribution in [2.24, 2.45) is 0 Å². The number of anilines is 1. The molecule has 1 heterocycles. The molecule has 2 rings (SSSR count). The summed E-state index contributed by atoms with van der Waals surface area (Å²) in [5.41, 5.74) is 6.94. The van der Waals surface area contributed by atoms with Crippen molar-refractivity contribution >= 4 is 11.6 Å². The van der Waals surface area contributed by atoms with Crippen LogP contribution in [0.4, 0.5) is 5.69 Å². The van der Waals surface area contributed by atoms with Gasteiger partial charge in [0.05, 0.1) is 5.56 Å². The maximum atomic E-state index is 12.2. The number of piperidine rings is 1. The van der Waals surface area contributed by atoms with Crippen LogP contribution in [0.2, 0.25) is 0 Å². The zero-order chi connectivity index (χ0) is 15.1. The summed E-state index contributed by atoms with van der Waals surface area (Å²) in [5.74, 6) is -0.0640. The molecule has 5 nitrogen and oxygen atoms in total. The van der Waals surface area contributed by atoms with E-state index in [1.165, 1.54) is 0 Å². The van der Waals surface area contributed by atoms with Crippen molar-refractivity contribution < 1.29 is 9.53 Å². The van der Waals surface area contributed by atoms with Crippen LogP contribution >= 0.6 is 0 Å². The lowest BCUT2D eigenvalue weighted by Crippen LogP contribution is -2.45. The molecule has 1 aromatic carbocycles. The van der Waals surface area contributed by atoms with Gasteiger partial charge in [0.25, 0.3) is 5.91 Å². The Morgan fingerprint density at radius 3 is 2.76 bits per heavy atom. The molecule has 0 atom stereocenters. The first-order valence-corrected chi connectivity index (χ1v) is 7.57. The quantitative estimate of drug-likeness (QED) is 0.616. The number of nitrogens with one attached hydrogen (secondary N) is 1. The minimum absolute atomic E-state index is 0.0640. The predicted molar refractivity (Wildman–Crippen MR) is 84.3 cm³/mol. The van der Waals surface area contributed by atoms with Crippen LogP contribution in [0.1, 0.15) is 29.6 Å². The molecule has 1 aliphatic rings. The first-order valence-electron chi connectivity index (χ1n) is 7.57. The van der Waals surface area contributed by atoms with Gasteiger partial charge in [0.2, 0.25) is 0 Å². The van der Waals surface area contributed by atoms with E-state index in [4.69, 9.17) is 10.5 Å². The third-order valence-corrected chi connectivity index (χ3v) is 3.95. The summed E-state index contributed by atoms with van der Waals surface area (Å²) in [6.45, 7) is 3.93. The third kappa shape index (κ3) is 4.72. The number of nitrogens with zero attached hydrogens (tertiary/aromatic N) is 1. The standard InChI is InChI=1S/C16H25N3O2/c1-21-12-4-9-19-10-7-13(8-11-19)18-16(20)14-5-2-3-6-15(14)17/h2-3,5-6,13H,4,7-12,17H2,1H3,(H,18,20). The number of benzene rings is 1.